The second-order valence-corrected chi connectivity index (χ2v) is 5.84. The van der Waals surface area contributed by atoms with Gasteiger partial charge in [-0.05, 0) is 26.8 Å². The summed E-state index contributed by atoms with van der Waals surface area (Å²) < 4.78 is 7.53. The van der Waals surface area contributed by atoms with Gasteiger partial charge in [0.1, 0.15) is 0 Å². The molecule has 1 aliphatic rings. The number of rotatable bonds is 3. The maximum atomic E-state index is 12.4. The Morgan fingerprint density at radius 2 is 2.32 bits per heavy atom. The molecule has 2 N–H and O–H groups in total. The minimum absolute atomic E-state index is 0.0637. The van der Waals surface area contributed by atoms with E-state index in [4.69, 9.17) is 4.74 Å². The maximum absolute atomic E-state index is 12.4. The minimum Gasteiger partial charge on any atom is -0.369 e. The predicted octanol–water partition coefficient (Wildman–Crippen LogP) is 1.40. The SMILES string of the molecule is Cc1cc(CNC(=O)c2n[nH]c3c2C[C@@H](C)O[C@H]3C)nn1C. The molecular weight excluding hydrogens is 282 g/mol. The molecule has 118 valence electrons. The molecule has 0 aromatic carbocycles. The van der Waals surface area contributed by atoms with Crippen LogP contribution >= 0.6 is 0 Å². The summed E-state index contributed by atoms with van der Waals surface area (Å²) in [7, 11) is 1.88. The molecule has 2 atom stereocenters. The van der Waals surface area contributed by atoms with Crippen molar-refractivity contribution in [2.45, 2.75) is 45.9 Å². The van der Waals surface area contributed by atoms with E-state index in [1.54, 1.807) is 4.68 Å². The molecule has 1 amide bonds. The number of hydrogen-bond donors (Lipinski definition) is 2. The van der Waals surface area contributed by atoms with Crippen molar-refractivity contribution in [1.29, 1.82) is 0 Å². The normalized spacial score (nSPS) is 20.7. The van der Waals surface area contributed by atoms with Gasteiger partial charge in [0.25, 0.3) is 5.91 Å². The predicted molar refractivity (Wildman–Crippen MR) is 80.4 cm³/mol. The van der Waals surface area contributed by atoms with E-state index < -0.39 is 0 Å². The Balaban J connectivity index is 1.73. The highest BCUT2D eigenvalue weighted by Crippen LogP contribution is 2.29. The van der Waals surface area contributed by atoms with Gasteiger partial charge in [0.05, 0.1) is 30.1 Å². The lowest BCUT2D eigenvalue weighted by Gasteiger charge is -2.25. The number of aromatic amines is 1. The zero-order chi connectivity index (χ0) is 15.9. The first-order valence-corrected chi connectivity index (χ1v) is 7.46. The van der Waals surface area contributed by atoms with Gasteiger partial charge in [-0.15, -0.1) is 0 Å². The van der Waals surface area contributed by atoms with Gasteiger partial charge in [0.2, 0.25) is 0 Å². The van der Waals surface area contributed by atoms with Crippen molar-refractivity contribution >= 4 is 5.91 Å². The molecule has 0 radical (unpaired) electrons. The molecule has 0 saturated carbocycles. The van der Waals surface area contributed by atoms with E-state index in [0.717, 1.165) is 22.6 Å². The fourth-order valence-corrected chi connectivity index (χ4v) is 2.84. The van der Waals surface area contributed by atoms with Gasteiger partial charge in [-0.1, -0.05) is 0 Å². The van der Waals surface area contributed by atoms with Crippen LogP contribution in [0.2, 0.25) is 0 Å². The van der Waals surface area contributed by atoms with Crippen LogP contribution in [0.3, 0.4) is 0 Å². The van der Waals surface area contributed by atoms with Crippen molar-refractivity contribution in [3.05, 3.63) is 34.4 Å². The maximum Gasteiger partial charge on any atom is 0.272 e. The van der Waals surface area contributed by atoms with Crippen LogP contribution in [0.15, 0.2) is 6.07 Å². The second kappa shape index (κ2) is 5.57. The largest absolute Gasteiger partial charge is 0.369 e. The summed E-state index contributed by atoms with van der Waals surface area (Å²) in [6, 6.07) is 1.96. The van der Waals surface area contributed by atoms with Gasteiger partial charge in [0, 0.05) is 24.7 Å². The van der Waals surface area contributed by atoms with Crippen LogP contribution in [-0.4, -0.2) is 32.0 Å². The van der Waals surface area contributed by atoms with Crippen LogP contribution in [0.25, 0.3) is 0 Å². The Morgan fingerprint density at radius 1 is 1.55 bits per heavy atom. The van der Waals surface area contributed by atoms with E-state index in [2.05, 4.69) is 20.6 Å². The molecule has 3 heterocycles. The highest BCUT2D eigenvalue weighted by atomic mass is 16.5. The Hall–Kier alpha value is -2.15. The lowest BCUT2D eigenvalue weighted by atomic mass is 9.99. The number of aryl methyl sites for hydroxylation is 2. The highest BCUT2D eigenvalue weighted by Gasteiger charge is 2.29. The van der Waals surface area contributed by atoms with Crippen molar-refractivity contribution in [2.75, 3.05) is 0 Å². The number of H-pyrrole nitrogens is 1. The quantitative estimate of drug-likeness (QED) is 0.897. The van der Waals surface area contributed by atoms with Gasteiger partial charge in [-0.25, -0.2) is 0 Å². The standard InChI is InChI=1S/C15H21N5O2/c1-8-5-11(19-20(8)4)7-16-15(21)14-12-6-9(2)22-10(3)13(12)17-18-14/h5,9-10H,6-7H2,1-4H3,(H,16,21)(H,17,18)/t9-,10+/m1/s1. The molecule has 2 aromatic rings. The summed E-state index contributed by atoms with van der Waals surface area (Å²) in [6.45, 7) is 6.34. The molecule has 0 saturated heterocycles. The number of fused-ring (bicyclic) bond motifs is 1. The van der Waals surface area contributed by atoms with E-state index in [9.17, 15) is 4.79 Å². The van der Waals surface area contributed by atoms with E-state index in [1.807, 2.05) is 33.9 Å². The number of hydrogen-bond acceptors (Lipinski definition) is 4. The van der Waals surface area contributed by atoms with Crippen LogP contribution in [0, 0.1) is 6.92 Å². The molecule has 7 heteroatoms. The molecule has 2 aromatic heterocycles. The number of aromatic nitrogens is 4. The number of nitrogens with zero attached hydrogens (tertiary/aromatic N) is 3. The van der Waals surface area contributed by atoms with Crippen LogP contribution in [-0.2, 0) is 24.8 Å². The number of carbonyl (C=O) groups excluding carboxylic acids is 1. The first-order chi connectivity index (χ1) is 10.5. The Morgan fingerprint density at radius 3 is 3.00 bits per heavy atom. The van der Waals surface area contributed by atoms with Crippen LogP contribution < -0.4 is 5.32 Å². The summed E-state index contributed by atoms with van der Waals surface area (Å²) in [6.07, 6.45) is 0.720. The van der Waals surface area contributed by atoms with Crippen LogP contribution in [0.1, 0.15) is 53.1 Å². The monoisotopic (exact) mass is 303 g/mol. The average Bonchev–Trinajstić information content (AvgIpc) is 3.00. The molecule has 0 fully saturated rings. The number of nitrogens with one attached hydrogen (secondary N) is 2. The molecule has 0 bridgehead atoms. The molecule has 7 nitrogen and oxygen atoms in total. The van der Waals surface area contributed by atoms with E-state index in [-0.39, 0.29) is 18.1 Å². The third-order valence-electron chi connectivity index (χ3n) is 4.04. The lowest BCUT2D eigenvalue weighted by Crippen LogP contribution is -2.27. The fraction of sp³-hybridized carbons (Fsp3) is 0.533. The topological polar surface area (TPSA) is 84.8 Å². The van der Waals surface area contributed by atoms with Gasteiger partial charge >= 0.3 is 0 Å². The van der Waals surface area contributed by atoms with Crippen molar-refractivity contribution in [3.8, 4) is 0 Å². The molecular formula is C15H21N5O2. The summed E-state index contributed by atoms with van der Waals surface area (Å²) in [5, 5.41) is 14.3. The number of amides is 1. The van der Waals surface area contributed by atoms with Crippen LogP contribution in [0.5, 0.6) is 0 Å². The second-order valence-electron chi connectivity index (χ2n) is 5.84. The molecule has 0 aliphatic carbocycles. The highest BCUT2D eigenvalue weighted by molar-refractivity contribution is 5.94. The van der Waals surface area contributed by atoms with E-state index >= 15 is 0 Å². The summed E-state index contributed by atoms with van der Waals surface area (Å²) in [4.78, 5) is 12.4. The van der Waals surface area contributed by atoms with E-state index in [1.165, 1.54) is 0 Å². The first-order valence-electron chi connectivity index (χ1n) is 7.46. The third-order valence-corrected chi connectivity index (χ3v) is 4.04. The van der Waals surface area contributed by atoms with Crippen molar-refractivity contribution in [3.63, 3.8) is 0 Å². The average molecular weight is 303 g/mol. The van der Waals surface area contributed by atoms with Crippen molar-refractivity contribution in [2.24, 2.45) is 7.05 Å². The molecule has 0 spiro atoms. The minimum atomic E-state index is -0.179. The summed E-state index contributed by atoms with van der Waals surface area (Å²) >= 11 is 0. The van der Waals surface area contributed by atoms with Gasteiger partial charge in [-0.2, -0.15) is 10.2 Å². The van der Waals surface area contributed by atoms with Gasteiger partial charge in [0.15, 0.2) is 5.69 Å². The lowest BCUT2D eigenvalue weighted by molar-refractivity contribution is -0.00697. The Labute approximate surface area is 129 Å². The molecule has 22 heavy (non-hydrogen) atoms. The molecule has 0 unspecified atom stereocenters. The van der Waals surface area contributed by atoms with Gasteiger partial charge in [-0.3, -0.25) is 14.6 Å². The smallest absolute Gasteiger partial charge is 0.272 e. The molecule has 3 rings (SSSR count). The zero-order valence-corrected chi connectivity index (χ0v) is 13.3. The fourth-order valence-electron chi connectivity index (χ4n) is 2.84. The Kier molecular flexibility index (Phi) is 3.74. The van der Waals surface area contributed by atoms with Crippen molar-refractivity contribution < 1.29 is 9.53 Å². The Bertz CT molecular complexity index is 683. The van der Waals surface area contributed by atoms with Crippen LogP contribution in [0.4, 0.5) is 0 Å². The molecule has 1 aliphatic heterocycles. The number of ether oxygens (including phenoxy) is 1. The first kappa shape index (κ1) is 14.8. The number of carbonyl (C=O) groups is 1. The summed E-state index contributed by atoms with van der Waals surface area (Å²) in [5.41, 5.74) is 4.21. The van der Waals surface area contributed by atoms with E-state index in [0.29, 0.717) is 18.7 Å². The third kappa shape index (κ3) is 2.64. The van der Waals surface area contributed by atoms with Crippen molar-refractivity contribution in [1.82, 2.24) is 25.3 Å². The summed E-state index contributed by atoms with van der Waals surface area (Å²) in [5.74, 6) is -0.179. The van der Waals surface area contributed by atoms with Gasteiger partial charge < -0.3 is 10.1 Å². The zero-order valence-electron chi connectivity index (χ0n) is 13.3.